The number of hydrogen-bond donors (Lipinski definition) is 3. The van der Waals surface area contributed by atoms with Gasteiger partial charge in [-0.2, -0.15) is 4.98 Å². The third-order valence-electron chi connectivity index (χ3n) is 6.83. The number of pyridine rings is 2. The molecule has 0 aliphatic heterocycles. The molecule has 1 aliphatic carbocycles. The van der Waals surface area contributed by atoms with Crippen LogP contribution in [-0.2, 0) is 7.05 Å². The third kappa shape index (κ3) is 4.09. The Balaban J connectivity index is 1.33. The monoisotopic (exact) mass is 485 g/mol. The van der Waals surface area contributed by atoms with Crippen LogP contribution in [-0.4, -0.2) is 76.7 Å². The quantitative estimate of drug-likeness (QED) is 0.312. The summed E-state index contributed by atoms with van der Waals surface area (Å²) >= 11 is 0. The van der Waals surface area contributed by atoms with E-state index in [2.05, 4.69) is 57.3 Å². The number of likely N-dealkylation sites (N-methyl/N-ethyl adjacent to an activating group) is 1. The topological polar surface area (TPSA) is 146 Å². The molecule has 1 fully saturated rings. The number of carbonyl (C=O) groups is 1. The normalized spacial score (nSPS) is 15.1. The van der Waals surface area contributed by atoms with Gasteiger partial charge in [-0.3, -0.25) is 19.6 Å². The predicted octanol–water partition coefficient (Wildman–Crippen LogP) is 1.95. The van der Waals surface area contributed by atoms with Crippen molar-refractivity contribution in [2.75, 3.05) is 20.1 Å². The molecule has 5 aromatic heterocycles. The summed E-state index contributed by atoms with van der Waals surface area (Å²) in [7, 11) is 4.00. The Morgan fingerprint density at radius 1 is 1.19 bits per heavy atom. The largest absolute Gasteiger partial charge is 0.351 e. The highest BCUT2D eigenvalue weighted by Gasteiger charge is 2.20. The van der Waals surface area contributed by atoms with Crippen LogP contribution in [0.5, 0.6) is 0 Å². The first-order valence-corrected chi connectivity index (χ1v) is 12.1. The maximum absolute atomic E-state index is 12.9. The third-order valence-corrected chi connectivity index (χ3v) is 6.83. The van der Waals surface area contributed by atoms with Gasteiger partial charge >= 0.3 is 0 Å². The predicted molar refractivity (Wildman–Crippen MR) is 134 cm³/mol. The summed E-state index contributed by atoms with van der Waals surface area (Å²) in [5.74, 6) is -0.151. The molecule has 0 unspecified atom stereocenters. The lowest BCUT2D eigenvalue weighted by Crippen LogP contribution is -2.37. The Labute approximate surface area is 205 Å². The summed E-state index contributed by atoms with van der Waals surface area (Å²) in [4.78, 5) is 44.9. The standard InChI is InChI=1S/C24H27N11O/c1-34(16-5-3-4-6-16)8-7-27-23(36)14-9-17-19(28-10-14)20-18-21(30-17)33-35(2)22(18)32-24(31-20)29-15-11-25-13-26-12-15/h9-13,16,30,33H,3-8H2,1-2H3,(H,27,36). The molecule has 36 heavy (non-hydrogen) atoms. The Kier molecular flexibility index (Phi) is 5.64. The number of H-pyrrole nitrogens is 2. The Hall–Kier alpha value is -4.19. The van der Waals surface area contributed by atoms with Crippen LogP contribution in [0.4, 0.5) is 5.69 Å². The summed E-state index contributed by atoms with van der Waals surface area (Å²) in [5.41, 5.74) is 4.69. The second kappa shape index (κ2) is 9.11. The van der Waals surface area contributed by atoms with E-state index < -0.39 is 0 Å². The summed E-state index contributed by atoms with van der Waals surface area (Å²) < 4.78 is 1.80. The zero-order chi connectivity index (χ0) is 24.6. The maximum atomic E-state index is 12.9. The first kappa shape index (κ1) is 22.3. The lowest BCUT2D eigenvalue weighted by molar-refractivity contribution is 0.0947. The lowest BCUT2D eigenvalue weighted by Gasteiger charge is -2.23. The fourth-order valence-corrected chi connectivity index (χ4v) is 4.95. The molecule has 184 valence electrons. The van der Waals surface area contributed by atoms with E-state index in [1.165, 1.54) is 32.0 Å². The first-order chi connectivity index (χ1) is 17.6. The highest BCUT2D eigenvalue weighted by molar-refractivity contribution is 6.13. The van der Waals surface area contributed by atoms with E-state index in [0.717, 1.165) is 17.6 Å². The van der Waals surface area contributed by atoms with Gasteiger partial charge in [0.2, 0.25) is 0 Å². The summed E-state index contributed by atoms with van der Waals surface area (Å²) in [6.07, 6.45) is 11.3. The minimum atomic E-state index is -0.151. The van der Waals surface area contributed by atoms with Gasteiger partial charge in [0.1, 0.15) is 28.7 Å². The van der Waals surface area contributed by atoms with Crippen molar-refractivity contribution in [3.8, 4) is 0 Å². The molecule has 0 spiro atoms. The Morgan fingerprint density at radius 2 is 2.00 bits per heavy atom. The zero-order valence-corrected chi connectivity index (χ0v) is 20.2. The SMILES string of the molecule is CN(CCNC(=O)c1cnc2c(c1)[nH]c1[nH]n(C)c3nc(=Nc4cncnc4)nc2c13)C1CCCC1. The second-order valence-electron chi connectivity index (χ2n) is 9.25. The van der Waals surface area contributed by atoms with Gasteiger partial charge in [0.15, 0.2) is 5.65 Å². The van der Waals surface area contributed by atoms with Crippen molar-refractivity contribution in [1.29, 1.82) is 0 Å². The van der Waals surface area contributed by atoms with E-state index in [1.54, 1.807) is 29.3 Å². The number of amides is 1. The van der Waals surface area contributed by atoms with E-state index in [-0.39, 0.29) is 11.5 Å². The molecule has 12 heteroatoms. The van der Waals surface area contributed by atoms with E-state index in [4.69, 9.17) is 0 Å². The van der Waals surface area contributed by atoms with Crippen LogP contribution in [0.3, 0.4) is 0 Å². The summed E-state index contributed by atoms with van der Waals surface area (Å²) in [6.45, 7) is 1.42. The molecule has 0 radical (unpaired) electrons. The van der Waals surface area contributed by atoms with Gasteiger partial charge in [-0.15, -0.1) is 0 Å². The van der Waals surface area contributed by atoms with Crippen LogP contribution in [0, 0.1) is 0 Å². The van der Waals surface area contributed by atoms with Gasteiger partial charge in [0.05, 0.1) is 28.9 Å². The van der Waals surface area contributed by atoms with Crippen molar-refractivity contribution in [3.63, 3.8) is 0 Å². The molecule has 0 bridgehead atoms. The Bertz CT molecular complexity index is 1630. The number of aryl methyl sites for hydroxylation is 1. The molecule has 0 saturated heterocycles. The van der Waals surface area contributed by atoms with Gasteiger partial charge in [0.25, 0.3) is 11.5 Å². The molecule has 1 amide bonds. The van der Waals surface area contributed by atoms with Crippen LogP contribution < -0.4 is 10.9 Å². The smallest absolute Gasteiger partial charge is 0.252 e. The van der Waals surface area contributed by atoms with Gasteiger partial charge in [-0.1, -0.05) is 12.8 Å². The number of aromatic amines is 2. The van der Waals surface area contributed by atoms with Gasteiger partial charge in [-0.25, -0.2) is 19.9 Å². The van der Waals surface area contributed by atoms with Gasteiger partial charge in [-0.05, 0) is 26.0 Å². The number of hydrogen-bond acceptors (Lipinski definition) is 8. The minimum Gasteiger partial charge on any atom is -0.351 e. The number of nitrogens with zero attached hydrogens (tertiary/aromatic N) is 8. The minimum absolute atomic E-state index is 0.151. The molecule has 5 heterocycles. The van der Waals surface area contributed by atoms with Crippen LogP contribution >= 0.6 is 0 Å². The van der Waals surface area contributed by atoms with Crippen molar-refractivity contribution < 1.29 is 4.79 Å². The first-order valence-electron chi connectivity index (χ1n) is 12.1. The molecular weight excluding hydrogens is 458 g/mol. The van der Waals surface area contributed by atoms with E-state index in [1.807, 2.05) is 7.05 Å². The molecule has 0 atom stereocenters. The van der Waals surface area contributed by atoms with Crippen molar-refractivity contribution in [1.82, 2.24) is 49.9 Å². The van der Waals surface area contributed by atoms with Crippen LogP contribution in [0.1, 0.15) is 36.0 Å². The van der Waals surface area contributed by atoms with Gasteiger partial charge < -0.3 is 15.2 Å². The molecule has 3 N–H and O–H groups in total. The average Bonchev–Trinajstić information content (AvgIpc) is 3.53. The number of carbonyl (C=O) groups excluding carboxylic acids is 1. The molecule has 6 rings (SSSR count). The summed E-state index contributed by atoms with van der Waals surface area (Å²) in [6, 6.07) is 2.43. The van der Waals surface area contributed by atoms with Gasteiger partial charge in [0, 0.05) is 32.4 Å². The van der Waals surface area contributed by atoms with Crippen LogP contribution in [0.2, 0.25) is 0 Å². The second-order valence-corrected chi connectivity index (χ2v) is 9.25. The lowest BCUT2D eigenvalue weighted by atomic mass is 10.2. The molecule has 1 saturated carbocycles. The average molecular weight is 486 g/mol. The molecule has 12 nitrogen and oxygen atoms in total. The summed E-state index contributed by atoms with van der Waals surface area (Å²) in [5, 5.41) is 7.09. The zero-order valence-electron chi connectivity index (χ0n) is 20.2. The van der Waals surface area contributed by atoms with E-state index >= 15 is 0 Å². The molecule has 0 aromatic carbocycles. The molecule has 1 aliphatic rings. The van der Waals surface area contributed by atoms with E-state index in [9.17, 15) is 4.79 Å². The van der Waals surface area contributed by atoms with Crippen molar-refractivity contribution in [2.45, 2.75) is 31.7 Å². The highest BCUT2D eigenvalue weighted by Crippen LogP contribution is 2.27. The maximum Gasteiger partial charge on any atom is 0.252 e. The Morgan fingerprint density at radius 3 is 2.81 bits per heavy atom. The highest BCUT2D eigenvalue weighted by atomic mass is 16.1. The van der Waals surface area contributed by atoms with Crippen molar-refractivity contribution in [2.24, 2.45) is 12.0 Å². The number of nitrogens with one attached hydrogen (secondary N) is 3. The fourth-order valence-electron chi connectivity index (χ4n) is 4.95. The van der Waals surface area contributed by atoms with E-state index in [0.29, 0.717) is 46.0 Å². The van der Waals surface area contributed by atoms with Crippen LogP contribution in [0.25, 0.3) is 33.2 Å². The number of rotatable bonds is 6. The number of aromatic nitrogens is 8. The van der Waals surface area contributed by atoms with Crippen LogP contribution in [0.15, 0.2) is 36.0 Å². The fraction of sp³-hybridized carbons (Fsp3) is 0.375. The molecule has 5 aromatic rings. The molecular formula is C24H27N11O. The van der Waals surface area contributed by atoms with Crippen molar-refractivity contribution >= 4 is 44.8 Å². The van der Waals surface area contributed by atoms with Crippen molar-refractivity contribution in [3.05, 3.63) is 42.2 Å². The number of fused-ring (bicyclic) bond motifs is 2.